The Bertz CT molecular complexity index is 1000. The molecule has 1 aliphatic carbocycles. The summed E-state index contributed by atoms with van der Waals surface area (Å²) in [4.78, 5) is 23.8. The van der Waals surface area contributed by atoms with E-state index in [2.05, 4.69) is 6.58 Å². The molecule has 2 fully saturated rings. The van der Waals surface area contributed by atoms with Crippen LogP contribution in [0.5, 0.6) is 5.75 Å². The fraction of sp³-hybridized carbons (Fsp3) is 0.478. The molecule has 6 N–H and O–H groups in total. The third kappa shape index (κ3) is 4.89. The summed E-state index contributed by atoms with van der Waals surface area (Å²) in [6.07, 6.45) is -9.03. The van der Waals surface area contributed by atoms with Gasteiger partial charge in [-0.05, 0) is 36.3 Å². The lowest BCUT2D eigenvalue weighted by Gasteiger charge is -2.42. The van der Waals surface area contributed by atoms with Crippen LogP contribution in [0.15, 0.2) is 48.3 Å². The molecule has 12 heteroatoms. The van der Waals surface area contributed by atoms with Crippen LogP contribution in [0.25, 0.3) is 0 Å². The summed E-state index contributed by atoms with van der Waals surface area (Å²) >= 11 is 0. The van der Waals surface area contributed by atoms with Crippen molar-refractivity contribution in [2.45, 2.75) is 49.5 Å². The zero-order valence-corrected chi connectivity index (χ0v) is 18.3. The molecule has 0 radical (unpaired) electrons. The monoisotopic (exact) mass is 494 g/mol. The number of ether oxygens (including phenoxy) is 4. The van der Waals surface area contributed by atoms with Crippen molar-refractivity contribution in [3.05, 3.63) is 53.8 Å². The van der Waals surface area contributed by atoms with Gasteiger partial charge in [0.25, 0.3) is 0 Å². The van der Waals surface area contributed by atoms with Gasteiger partial charge in [0, 0.05) is 5.92 Å². The highest BCUT2D eigenvalue weighted by molar-refractivity contribution is 5.89. The molecule has 190 valence electrons. The third-order valence-electron chi connectivity index (χ3n) is 6.45. The lowest BCUT2D eigenvalue weighted by molar-refractivity contribution is -0.339. The molecule has 1 aromatic carbocycles. The van der Waals surface area contributed by atoms with Crippen LogP contribution in [0, 0.1) is 11.8 Å². The number of hydrogen-bond acceptors (Lipinski definition) is 11. The van der Waals surface area contributed by atoms with Crippen molar-refractivity contribution in [1.82, 2.24) is 0 Å². The first kappa shape index (κ1) is 25.1. The lowest BCUT2D eigenvalue weighted by atomic mass is 9.85. The highest BCUT2D eigenvalue weighted by Gasteiger charge is 2.52. The van der Waals surface area contributed by atoms with E-state index in [0.29, 0.717) is 0 Å². The Hall–Kier alpha value is -3.00. The molecule has 35 heavy (non-hydrogen) atoms. The minimum absolute atomic E-state index is 0.0420. The van der Waals surface area contributed by atoms with E-state index < -0.39 is 73.5 Å². The van der Waals surface area contributed by atoms with E-state index >= 15 is 0 Å². The largest absolute Gasteiger partial charge is 0.508 e. The van der Waals surface area contributed by atoms with Gasteiger partial charge in [0.1, 0.15) is 36.8 Å². The number of carbonyl (C=O) groups is 2. The molecule has 0 unspecified atom stereocenters. The van der Waals surface area contributed by atoms with E-state index in [1.165, 1.54) is 24.3 Å². The van der Waals surface area contributed by atoms with Gasteiger partial charge in [0.15, 0.2) is 6.29 Å². The van der Waals surface area contributed by atoms with Gasteiger partial charge in [-0.3, -0.25) is 0 Å². The van der Waals surface area contributed by atoms with Gasteiger partial charge in [-0.25, -0.2) is 9.59 Å². The van der Waals surface area contributed by atoms with Gasteiger partial charge < -0.3 is 49.6 Å². The Morgan fingerprint density at radius 1 is 1.03 bits per heavy atom. The normalized spacial score (nSPS) is 36.6. The van der Waals surface area contributed by atoms with Crippen molar-refractivity contribution in [3.8, 4) is 5.75 Å². The summed E-state index contributed by atoms with van der Waals surface area (Å²) < 4.78 is 21.8. The summed E-state index contributed by atoms with van der Waals surface area (Å²) in [7, 11) is 0. The van der Waals surface area contributed by atoms with Crippen LogP contribution >= 0.6 is 0 Å². The SMILES string of the molecule is C=C1[C@H]2[C@H](O[C@@H]3O[C@H](COC(=O)c4ccc(O)cc4)[C@@H](O)[C@H](O)[C@H]3O)OC=C(C(=O)O)[C@@H]2C[C@@H]1O. The van der Waals surface area contributed by atoms with Crippen molar-refractivity contribution in [2.75, 3.05) is 6.61 Å². The van der Waals surface area contributed by atoms with E-state index in [-0.39, 0.29) is 28.9 Å². The molecule has 9 atom stereocenters. The molecule has 3 aliphatic rings. The molecule has 0 spiro atoms. The van der Waals surface area contributed by atoms with Crippen LogP contribution in [0.4, 0.5) is 0 Å². The summed E-state index contributed by atoms with van der Waals surface area (Å²) in [5.74, 6) is -3.47. The van der Waals surface area contributed by atoms with E-state index in [9.17, 15) is 40.2 Å². The third-order valence-corrected chi connectivity index (χ3v) is 6.45. The number of aliphatic hydroxyl groups is 4. The van der Waals surface area contributed by atoms with Crippen LogP contribution in [-0.2, 0) is 23.7 Å². The van der Waals surface area contributed by atoms with Crippen LogP contribution < -0.4 is 0 Å². The van der Waals surface area contributed by atoms with Gasteiger partial charge in [-0.1, -0.05) is 6.58 Å². The quantitative estimate of drug-likeness (QED) is 0.214. The highest BCUT2D eigenvalue weighted by atomic mass is 16.8. The van der Waals surface area contributed by atoms with Gasteiger partial charge in [-0.2, -0.15) is 0 Å². The number of aromatic hydroxyl groups is 1. The molecule has 1 saturated heterocycles. The standard InChI is InChI=1S/C23H26O12/c1-9-14(25)6-12-13(20(29)30)7-33-22(16(9)12)35-23-19(28)18(27)17(26)15(34-23)8-32-21(31)10-2-4-11(24)5-3-10/h2-5,7,12,14-19,22-28H,1,6,8H2,(H,29,30)/t12-,14-,15+,16+,17+,18-,19+,22-,23-/m0/s1. The number of benzene rings is 1. The number of esters is 1. The molecule has 2 heterocycles. The fourth-order valence-electron chi connectivity index (χ4n) is 4.48. The Kier molecular flexibility index (Phi) is 7.12. The number of carbonyl (C=O) groups excluding carboxylic acids is 1. The zero-order valence-electron chi connectivity index (χ0n) is 18.3. The summed E-state index contributed by atoms with van der Waals surface area (Å²) in [5.41, 5.74) is 0.353. The Morgan fingerprint density at radius 3 is 2.37 bits per heavy atom. The summed E-state index contributed by atoms with van der Waals surface area (Å²) in [5, 5.41) is 60.0. The summed E-state index contributed by atoms with van der Waals surface area (Å²) in [6, 6.07) is 5.25. The predicted molar refractivity (Wildman–Crippen MR) is 113 cm³/mol. The van der Waals surface area contributed by atoms with E-state index in [0.717, 1.165) is 6.26 Å². The number of fused-ring (bicyclic) bond motifs is 1. The molecule has 1 saturated carbocycles. The molecule has 1 aromatic rings. The molecule has 2 aliphatic heterocycles. The molecule has 0 amide bonds. The number of aliphatic hydroxyl groups excluding tert-OH is 4. The molecule has 0 aromatic heterocycles. The average molecular weight is 494 g/mol. The van der Waals surface area contributed by atoms with Crippen LogP contribution in [0.1, 0.15) is 16.8 Å². The van der Waals surface area contributed by atoms with E-state index in [1.807, 2.05) is 0 Å². The van der Waals surface area contributed by atoms with Crippen LogP contribution in [0.2, 0.25) is 0 Å². The lowest BCUT2D eigenvalue weighted by Crippen LogP contribution is -2.60. The Labute approximate surface area is 199 Å². The summed E-state index contributed by atoms with van der Waals surface area (Å²) in [6.45, 7) is 3.30. The maximum absolute atomic E-state index is 12.2. The number of carboxylic acids is 1. The van der Waals surface area contributed by atoms with Crippen LogP contribution in [0.3, 0.4) is 0 Å². The highest BCUT2D eigenvalue weighted by Crippen LogP contribution is 2.46. The number of phenols is 1. The van der Waals surface area contributed by atoms with Crippen LogP contribution in [-0.4, -0.2) is 92.3 Å². The minimum Gasteiger partial charge on any atom is -0.508 e. The number of carboxylic acid groups (broad SMARTS) is 1. The van der Waals surface area contributed by atoms with Gasteiger partial charge >= 0.3 is 11.9 Å². The number of phenolic OH excluding ortho intramolecular Hbond substituents is 1. The number of aliphatic carboxylic acids is 1. The number of hydrogen-bond donors (Lipinski definition) is 6. The van der Waals surface area contributed by atoms with Crippen molar-refractivity contribution in [3.63, 3.8) is 0 Å². The molecule has 12 nitrogen and oxygen atoms in total. The maximum atomic E-state index is 12.2. The zero-order chi connectivity index (χ0) is 25.4. The minimum atomic E-state index is -1.73. The second-order valence-corrected chi connectivity index (χ2v) is 8.64. The first-order valence-corrected chi connectivity index (χ1v) is 10.8. The molecule has 4 rings (SSSR count). The smallest absolute Gasteiger partial charge is 0.338 e. The predicted octanol–water partition coefficient (Wildman–Crippen LogP) is -0.749. The first-order valence-electron chi connectivity index (χ1n) is 10.8. The van der Waals surface area contributed by atoms with Crippen molar-refractivity contribution in [2.24, 2.45) is 11.8 Å². The molecular weight excluding hydrogens is 468 g/mol. The Balaban J connectivity index is 1.45. The van der Waals surface area contributed by atoms with E-state index in [4.69, 9.17) is 18.9 Å². The topological polar surface area (TPSA) is 192 Å². The first-order chi connectivity index (χ1) is 16.6. The molecular formula is C23H26O12. The van der Waals surface area contributed by atoms with Gasteiger partial charge in [-0.15, -0.1) is 0 Å². The van der Waals surface area contributed by atoms with Gasteiger partial charge in [0.2, 0.25) is 6.29 Å². The molecule has 0 bridgehead atoms. The van der Waals surface area contributed by atoms with Crippen molar-refractivity contribution >= 4 is 11.9 Å². The average Bonchev–Trinajstić information content (AvgIpc) is 3.13. The fourth-order valence-corrected chi connectivity index (χ4v) is 4.48. The maximum Gasteiger partial charge on any atom is 0.338 e. The van der Waals surface area contributed by atoms with Crippen molar-refractivity contribution in [1.29, 1.82) is 0 Å². The Morgan fingerprint density at radius 2 is 1.71 bits per heavy atom. The van der Waals surface area contributed by atoms with Crippen molar-refractivity contribution < 1.29 is 59.2 Å². The second-order valence-electron chi connectivity index (χ2n) is 8.64. The number of rotatable bonds is 6. The van der Waals surface area contributed by atoms with E-state index in [1.54, 1.807) is 0 Å². The second kappa shape index (κ2) is 9.93. The van der Waals surface area contributed by atoms with Gasteiger partial charge in [0.05, 0.1) is 29.4 Å².